The zero-order valence-electron chi connectivity index (χ0n) is 14.0. The Bertz CT molecular complexity index is 415. The molecule has 1 unspecified atom stereocenters. The quantitative estimate of drug-likeness (QED) is 0.520. The third-order valence-corrected chi connectivity index (χ3v) is 3.26. The van der Waals surface area contributed by atoms with Crippen molar-refractivity contribution in [3.05, 3.63) is 48.6 Å². The summed E-state index contributed by atoms with van der Waals surface area (Å²) in [5.74, 6) is 0.148. The molecule has 0 aromatic heterocycles. The molecule has 21 heavy (non-hydrogen) atoms. The van der Waals surface area contributed by atoms with Crippen LogP contribution in [0, 0.1) is 11.3 Å². The number of carbonyl (C=O) groups excluding carboxylic acids is 1. The summed E-state index contributed by atoms with van der Waals surface area (Å²) in [6.45, 7) is 12.6. The standard InChI is InChI=1S/C18H29NO2/c1-7-8-9-10-11-12-19-17(20)18(14-21-6,16(4)5)13-15(2)3/h7-11,13,16H,1,12,14H2,2-6H3,(H,19,20)/b9-8-,11-10-. The Labute approximate surface area is 129 Å². The summed E-state index contributed by atoms with van der Waals surface area (Å²) in [7, 11) is 1.63. The second kappa shape index (κ2) is 10.2. The number of amides is 1. The molecule has 0 spiro atoms. The first kappa shape index (κ1) is 19.4. The molecule has 0 radical (unpaired) electrons. The van der Waals surface area contributed by atoms with Crippen molar-refractivity contribution in [3.63, 3.8) is 0 Å². The van der Waals surface area contributed by atoms with Crippen LogP contribution in [-0.2, 0) is 9.53 Å². The molecule has 0 heterocycles. The van der Waals surface area contributed by atoms with Crippen molar-refractivity contribution in [2.24, 2.45) is 11.3 Å². The molecule has 3 heteroatoms. The fourth-order valence-corrected chi connectivity index (χ4v) is 2.13. The first-order valence-electron chi connectivity index (χ1n) is 7.28. The summed E-state index contributed by atoms with van der Waals surface area (Å²) in [6, 6.07) is 0. The van der Waals surface area contributed by atoms with Crippen molar-refractivity contribution in [1.82, 2.24) is 5.32 Å². The molecule has 3 nitrogen and oxygen atoms in total. The van der Waals surface area contributed by atoms with Gasteiger partial charge in [-0.3, -0.25) is 4.79 Å². The fourth-order valence-electron chi connectivity index (χ4n) is 2.13. The molecule has 0 aromatic carbocycles. The van der Waals surface area contributed by atoms with E-state index < -0.39 is 5.41 Å². The molecule has 0 rings (SSSR count). The van der Waals surface area contributed by atoms with Crippen LogP contribution in [0.3, 0.4) is 0 Å². The van der Waals surface area contributed by atoms with Gasteiger partial charge in [-0.1, -0.05) is 62.5 Å². The third-order valence-electron chi connectivity index (χ3n) is 3.26. The van der Waals surface area contributed by atoms with Crippen LogP contribution in [-0.4, -0.2) is 26.2 Å². The Morgan fingerprint density at radius 2 is 1.95 bits per heavy atom. The van der Waals surface area contributed by atoms with Gasteiger partial charge < -0.3 is 10.1 Å². The second-order valence-corrected chi connectivity index (χ2v) is 5.61. The Hall–Kier alpha value is -1.61. The minimum atomic E-state index is -0.627. The Morgan fingerprint density at radius 1 is 1.29 bits per heavy atom. The molecule has 0 saturated heterocycles. The molecule has 0 aromatic rings. The largest absolute Gasteiger partial charge is 0.383 e. The number of carbonyl (C=O) groups is 1. The van der Waals surface area contributed by atoms with Gasteiger partial charge in [0.1, 0.15) is 0 Å². The first-order valence-corrected chi connectivity index (χ1v) is 7.28. The van der Waals surface area contributed by atoms with Gasteiger partial charge in [0.15, 0.2) is 0 Å². The van der Waals surface area contributed by atoms with E-state index in [2.05, 4.69) is 11.9 Å². The number of ether oxygens (including phenoxy) is 1. The third kappa shape index (κ3) is 6.58. The molecular weight excluding hydrogens is 262 g/mol. The highest BCUT2D eigenvalue weighted by atomic mass is 16.5. The number of nitrogens with one attached hydrogen (secondary N) is 1. The summed E-state index contributed by atoms with van der Waals surface area (Å²) in [5, 5.41) is 2.96. The van der Waals surface area contributed by atoms with Crippen molar-refractivity contribution in [1.29, 1.82) is 0 Å². The van der Waals surface area contributed by atoms with Crippen molar-refractivity contribution in [2.75, 3.05) is 20.3 Å². The lowest BCUT2D eigenvalue weighted by Gasteiger charge is -2.33. The van der Waals surface area contributed by atoms with E-state index in [4.69, 9.17) is 4.74 Å². The minimum absolute atomic E-state index is 0.00194. The number of hydrogen-bond acceptors (Lipinski definition) is 2. The van der Waals surface area contributed by atoms with Gasteiger partial charge in [-0.25, -0.2) is 0 Å². The lowest BCUT2D eigenvalue weighted by Crippen LogP contribution is -2.46. The van der Waals surface area contributed by atoms with Crippen LogP contribution in [0.1, 0.15) is 27.7 Å². The number of allylic oxidation sites excluding steroid dienone is 5. The highest BCUT2D eigenvalue weighted by molar-refractivity contribution is 5.85. The van der Waals surface area contributed by atoms with Crippen molar-refractivity contribution >= 4 is 5.91 Å². The lowest BCUT2D eigenvalue weighted by atomic mass is 9.75. The van der Waals surface area contributed by atoms with Crippen LogP contribution in [0.2, 0.25) is 0 Å². The molecule has 0 saturated carbocycles. The lowest BCUT2D eigenvalue weighted by molar-refractivity contribution is -0.133. The van der Waals surface area contributed by atoms with E-state index in [1.54, 1.807) is 13.2 Å². The number of rotatable bonds is 9. The van der Waals surface area contributed by atoms with Crippen LogP contribution in [0.25, 0.3) is 0 Å². The fraction of sp³-hybridized carbons (Fsp3) is 0.500. The van der Waals surface area contributed by atoms with E-state index in [1.807, 2.05) is 58.1 Å². The van der Waals surface area contributed by atoms with Gasteiger partial charge >= 0.3 is 0 Å². The molecule has 0 bridgehead atoms. The molecule has 1 amide bonds. The number of methoxy groups -OCH3 is 1. The van der Waals surface area contributed by atoms with E-state index in [1.165, 1.54) is 0 Å². The predicted molar refractivity (Wildman–Crippen MR) is 90.1 cm³/mol. The van der Waals surface area contributed by atoms with Gasteiger partial charge in [0, 0.05) is 13.7 Å². The molecule has 0 aliphatic rings. The zero-order chi connectivity index (χ0) is 16.3. The molecule has 118 valence electrons. The van der Waals surface area contributed by atoms with Crippen molar-refractivity contribution in [3.8, 4) is 0 Å². The molecule has 1 N–H and O–H groups in total. The minimum Gasteiger partial charge on any atom is -0.383 e. The Morgan fingerprint density at radius 3 is 2.43 bits per heavy atom. The second-order valence-electron chi connectivity index (χ2n) is 5.61. The van der Waals surface area contributed by atoms with Gasteiger partial charge in [-0.2, -0.15) is 0 Å². The predicted octanol–water partition coefficient (Wildman–Crippen LogP) is 3.66. The molecule has 0 aliphatic heterocycles. The molecular formula is C18H29NO2. The van der Waals surface area contributed by atoms with Crippen LogP contribution in [0.5, 0.6) is 0 Å². The van der Waals surface area contributed by atoms with E-state index >= 15 is 0 Å². The van der Waals surface area contributed by atoms with Gasteiger partial charge in [-0.05, 0) is 19.8 Å². The Kier molecular flexibility index (Phi) is 9.39. The maximum Gasteiger partial charge on any atom is 0.232 e. The van der Waals surface area contributed by atoms with Gasteiger partial charge in [-0.15, -0.1) is 0 Å². The SMILES string of the molecule is C=C/C=C\C=C/CNC(=O)C(C=C(C)C)(COC)C(C)C. The van der Waals surface area contributed by atoms with E-state index in [-0.39, 0.29) is 11.8 Å². The molecule has 1 atom stereocenters. The zero-order valence-corrected chi connectivity index (χ0v) is 14.0. The summed E-state index contributed by atoms with van der Waals surface area (Å²) in [4.78, 5) is 12.6. The highest BCUT2D eigenvalue weighted by Crippen LogP contribution is 2.31. The summed E-state index contributed by atoms with van der Waals surface area (Å²) in [5.41, 5.74) is 0.485. The van der Waals surface area contributed by atoms with Crippen LogP contribution < -0.4 is 5.32 Å². The maximum atomic E-state index is 12.6. The maximum absolute atomic E-state index is 12.6. The smallest absolute Gasteiger partial charge is 0.232 e. The monoisotopic (exact) mass is 291 g/mol. The summed E-state index contributed by atoms with van der Waals surface area (Å²) in [6.07, 6.45) is 11.2. The van der Waals surface area contributed by atoms with Crippen LogP contribution >= 0.6 is 0 Å². The van der Waals surface area contributed by atoms with E-state index in [0.717, 1.165) is 5.57 Å². The van der Waals surface area contributed by atoms with Gasteiger partial charge in [0.2, 0.25) is 5.91 Å². The van der Waals surface area contributed by atoms with Crippen LogP contribution in [0.15, 0.2) is 48.6 Å². The highest BCUT2D eigenvalue weighted by Gasteiger charge is 2.39. The number of hydrogen-bond donors (Lipinski definition) is 1. The van der Waals surface area contributed by atoms with E-state index in [9.17, 15) is 4.79 Å². The molecule has 0 fully saturated rings. The van der Waals surface area contributed by atoms with Gasteiger partial charge in [0.05, 0.1) is 12.0 Å². The van der Waals surface area contributed by atoms with Gasteiger partial charge in [0.25, 0.3) is 0 Å². The molecule has 0 aliphatic carbocycles. The average molecular weight is 291 g/mol. The van der Waals surface area contributed by atoms with Crippen LogP contribution in [0.4, 0.5) is 0 Å². The first-order chi connectivity index (χ1) is 9.90. The summed E-state index contributed by atoms with van der Waals surface area (Å²) >= 11 is 0. The normalized spacial score (nSPS) is 14.4. The van der Waals surface area contributed by atoms with Crippen molar-refractivity contribution < 1.29 is 9.53 Å². The average Bonchev–Trinajstić information content (AvgIpc) is 2.41. The van der Waals surface area contributed by atoms with E-state index in [0.29, 0.717) is 13.2 Å². The summed E-state index contributed by atoms with van der Waals surface area (Å²) < 4.78 is 5.30. The Balaban J connectivity index is 4.95. The topological polar surface area (TPSA) is 38.3 Å². The van der Waals surface area contributed by atoms with Crippen molar-refractivity contribution in [2.45, 2.75) is 27.7 Å².